The van der Waals surface area contributed by atoms with Gasteiger partial charge in [-0.3, -0.25) is 4.40 Å². The maximum absolute atomic E-state index is 12.1. The third-order valence-corrected chi connectivity index (χ3v) is 3.82. The molecule has 5 heteroatoms. The number of rotatable bonds is 2. The summed E-state index contributed by atoms with van der Waals surface area (Å²) in [5.41, 5.74) is 4.01. The molecule has 112 valence electrons. The second-order valence-electron chi connectivity index (χ2n) is 5.15. The molecule has 0 N–H and O–H groups in total. The van der Waals surface area contributed by atoms with Gasteiger partial charge in [-0.2, -0.15) is 0 Å². The molecule has 2 aromatic rings. The molecule has 2 aliphatic carbocycles. The molecule has 0 aliphatic heterocycles. The number of esters is 1. The van der Waals surface area contributed by atoms with Crippen LogP contribution in [-0.2, 0) is 4.74 Å². The summed E-state index contributed by atoms with van der Waals surface area (Å²) in [5, 5.41) is 0. The van der Waals surface area contributed by atoms with E-state index in [1.165, 1.54) is 7.11 Å². The minimum atomic E-state index is -0.352. The van der Waals surface area contributed by atoms with Crippen molar-refractivity contribution < 1.29 is 9.53 Å². The second kappa shape index (κ2) is 5.21. The highest BCUT2D eigenvalue weighted by Gasteiger charge is 2.22. The first-order valence-corrected chi connectivity index (χ1v) is 7.18. The molecule has 5 nitrogen and oxygen atoms in total. The van der Waals surface area contributed by atoms with Crippen molar-refractivity contribution in [3.8, 4) is 22.4 Å². The van der Waals surface area contributed by atoms with Crippen LogP contribution < -0.4 is 0 Å². The lowest BCUT2D eigenvalue weighted by Gasteiger charge is -1.99. The van der Waals surface area contributed by atoms with E-state index in [0.717, 1.165) is 22.4 Å². The Kier molecular flexibility index (Phi) is 3.05. The maximum Gasteiger partial charge on any atom is 0.338 e. The number of imidazole rings is 1. The third-order valence-electron chi connectivity index (χ3n) is 3.82. The average molecular weight is 303 g/mol. The van der Waals surface area contributed by atoms with Crippen LogP contribution >= 0.6 is 0 Å². The fourth-order valence-electron chi connectivity index (χ4n) is 2.77. The van der Waals surface area contributed by atoms with E-state index in [2.05, 4.69) is 9.97 Å². The highest BCUT2D eigenvalue weighted by molar-refractivity contribution is 6.04. The summed E-state index contributed by atoms with van der Waals surface area (Å²) < 4.78 is 6.76. The molecule has 0 spiro atoms. The number of ether oxygens (including phenoxy) is 1. The lowest BCUT2D eigenvalue weighted by molar-refractivity contribution is 0.0602. The van der Waals surface area contributed by atoms with Crippen LogP contribution in [0.25, 0.3) is 28.2 Å². The molecule has 0 unspecified atom stereocenters. The van der Waals surface area contributed by atoms with Crippen molar-refractivity contribution in [1.82, 2.24) is 14.4 Å². The van der Waals surface area contributed by atoms with Gasteiger partial charge in [0.15, 0.2) is 0 Å². The fourth-order valence-corrected chi connectivity index (χ4v) is 2.77. The van der Waals surface area contributed by atoms with Crippen molar-refractivity contribution in [1.29, 1.82) is 0 Å². The standard InChI is InChI=1S/C18H13N3O2/c1-23-17(22)15-10-14(12-6-3-2-4-7-13(12)15)16-11-21-9-5-8-19-18(21)20-16/h2-11H,1H3. The summed E-state index contributed by atoms with van der Waals surface area (Å²) in [5.74, 6) is 0.270. The van der Waals surface area contributed by atoms with Gasteiger partial charge < -0.3 is 4.74 Å². The van der Waals surface area contributed by atoms with Crippen molar-refractivity contribution in [3.05, 3.63) is 66.6 Å². The molecule has 23 heavy (non-hydrogen) atoms. The van der Waals surface area contributed by atoms with Gasteiger partial charge in [-0.1, -0.05) is 30.3 Å². The van der Waals surface area contributed by atoms with Crippen LogP contribution in [-0.4, -0.2) is 27.4 Å². The lowest BCUT2D eigenvalue weighted by Crippen LogP contribution is -1.99. The molecule has 2 heterocycles. The molecule has 0 saturated heterocycles. The molecule has 4 rings (SSSR count). The van der Waals surface area contributed by atoms with Crippen molar-refractivity contribution in [2.45, 2.75) is 0 Å². The van der Waals surface area contributed by atoms with Gasteiger partial charge in [0.2, 0.25) is 5.78 Å². The van der Waals surface area contributed by atoms with Gasteiger partial charge in [0.1, 0.15) is 0 Å². The van der Waals surface area contributed by atoms with E-state index in [1.54, 1.807) is 6.20 Å². The molecule has 0 amide bonds. The first kappa shape index (κ1) is 13.5. The van der Waals surface area contributed by atoms with E-state index in [9.17, 15) is 4.79 Å². The summed E-state index contributed by atoms with van der Waals surface area (Å²) in [6.45, 7) is 0. The summed E-state index contributed by atoms with van der Waals surface area (Å²) in [6, 6.07) is 13.4. The highest BCUT2D eigenvalue weighted by Crippen LogP contribution is 2.38. The number of nitrogens with zero attached hydrogens (tertiary/aromatic N) is 3. The number of aromatic nitrogens is 3. The smallest absolute Gasteiger partial charge is 0.338 e. The summed E-state index contributed by atoms with van der Waals surface area (Å²) in [4.78, 5) is 20.9. The monoisotopic (exact) mass is 303 g/mol. The van der Waals surface area contributed by atoms with Crippen LogP contribution in [0.4, 0.5) is 0 Å². The van der Waals surface area contributed by atoms with Crippen LogP contribution in [0.15, 0.2) is 61.1 Å². The number of fused-ring (bicyclic) bond motifs is 2. The number of hydrogen-bond acceptors (Lipinski definition) is 4. The first-order valence-electron chi connectivity index (χ1n) is 7.18. The van der Waals surface area contributed by atoms with Crippen LogP contribution in [0, 0.1) is 0 Å². The Balaban J connectivity index is 1.98. The lowest BCUT2D eigenvalue weighted by atomic mass is 10.1. The number of hydrogen-bond donors (Lipinski definition) is 0. The molecule has 0 saturated carbocycles. The molecule has 0 fully saturated rings. The SMILES string of the molecule is COC(=O)c1cc(-c2cn3cccnc3n2)c2cccccc1-2. The zero-order valence-electron chi connectivity index (χ0n) is 12.4. The molecule has 0 atom stereocenters. The predicted molar refractivity (Wildman–Crippen MR) is 86.4 cm³/mol. The Morgan fingerprint density at radius 2 is 1.91 bits per heavy atom. The minimum Gasteiger partial charge on any atom is -0.465 e. The Morgan fingerprint density at radius 1 is 1.09 bits per heavy atom. The Hall–Kier alpha value is -3.21. The van der Waals surface area contributed by atoms with Crippen molar-refractivity contribution in [2.75, 3.05) is 7.11 Å². The van der Waals surface area contributed by atoms with E-state index >= 15 is 0 Å². The average Bonchev–Trinajstić information content (AvgIpc) is 3.07. The van der Waals surface area contributed by atoms with Gasteiger partial charge >= 0.3 is 5.97 Å². The topological polar surface area (TPSA) is 56.5 Å². The molecular formula is C18H13N3O2. The van der Waals surface area contributed by atoms with Gasteiger partial charge in [0, 0.05) is 24.2 Å². The van der Waals surface area contributed by atoms with Crippen molar-refractivity contribution in [3.63, 3.8) is 0 Å². The van der Waals surface area contributed by atoms with E-state index < -0.39 is 0 Å². The second-order valence-corrected chi connectivity index (χ2v) is 5.15. The van der Waals surface area contributed by atoms with E-state index in [-0.39, 0.29) is 5.97 Å². The Labute approximate surface area is 132 Å². The maximum atomic E-state index is 12.1. The Morgan fingerprint density at radius 3 is 2.70 bits per heavy atom. The van der Waals surface area contributed by atoms with Crippen molar-refractivity contribution in [2.24, 2.45) is 0 Å². The zero-order chi connectivity index (χ0) is 15.8. The number of carbonyl (C=O) groups excluding carboxylic acids is 1. The van der Waals surface area contributed by atoms with Gasteiger partial charge in [-0.05, 0) is 23.3 Å². The quantitative estimate of drug-likeness (QED) is 0.533. The van der Waals surface area contributed by atoms with Gasteiger partial charge in [-0.15, -0.1) is 0 Å². The first-order chi connectivity index (χ1) is 11.3. The minimum absolute atomic E-state index is 0.352. The van der Waals surface area contributed by atoms with Crippen LogP contribution in [0.3, 0.4) is 0 Å². The van der Waals surface area contributed by atoms with Crippen molar-refractivity contribution >= 4 is 11.7 Å². The molecule has 0 bridgehead atoms. The fraction of sp³-hybridized carbons (Fsp3) is 0.0556. The zero-order valence-corrected chi connectivity index (χ0v) is 12.4. The predicted octanol–water partition coefficient (Wildman–Crippen LogP) is 3.29. The largest absolute Gasteiger partial charge is 0.465 e. The van der Waals surface area contributed by atoms with E-state index in [0.29, 0.717) is 11.3 Å². The number of methoxy groups -OCH3 is 1. The van der Waals surface area contributed by atoms with Crippen LogP contribution in [0.5, 0.6) is 0 Å². The molecule has 0 aromatic carbocycles. The van der Waals surface area contributed by atoms with Gasteiger partial charge in [0.05, 0.1) is 18.4 Å². The molecule has 0 radical (unpaired) electrons. The molecular weight excluding hydrogens is 290 g/mol. The normalized spacial score (nSPS) is 11.0. The summed E-state index contributed by atoms with van der Waals surface area (Å²) in [7, 11) is 1.39. The summed E-state index contributed by atoms with van der Waals surface area (Å²) >= 11 is 0. The Bertz CT molecular complexity index is 957. The number of carbonyl (C=O) groups is 1. The molecule has 2 aromatic heterocycles. The van der Waals surface area contributed by atoms with Gasteiger partial charge in [-0.25, -0.2) is 14.8 Å². The van der Waals surface area contributed by atoms with Crippen LogP contribution in [0.2, 0.25) is 0 Å². The highest BCUT2D eigenvalue weighted by atomic mass is 16.5. The summed E-state index contributed by atoms with van der Waals surface area (Å²) in [6.07, 6.45) is 5.51. The van der Waals surface area contributed by atoms with Crippen LogP contribution in [0.1, 0.15) is 10.4 Å². The van der Waals surface area contributed by atoms with E-state index in [4.69, 9.17) is 4.74 Å². The third kappa shape index (κ3) is 2.14. The molecule has 2 aliphatic rings. The van der Waals surface area contributed by atoms with Gasteiger partial charge in [0.25, 0.3) is 0 Å². The van der Waals surface area contributed by atoms with E-state index in [1.807, 2.05) is 59.3 Å².